The van der Waals surface area contributed by atoms with Gasteiger partial charge >= 0.3 is 0 Å². The highest BCUT2D eigenvalue weighted by molar-refractivity contribution is 5.76. The van der Waals surface area contributed by atoms with Crippen LogP contribution in [0.25, 0.3) is 0 Å². The molecule has 17 heavy (non-hydrogen) atoms. The minimum absolute atomic E-state index is 0.0485. The molecule has 4 heteroatoms. The average Bonchev–Trinajstić information content (AvgIpc) is 2.35. The van der Waals surface area contributed by atoms with Crippen molar-refractivity contribution >= 4 is 5.91 Å². The summed E-state index contributed by atoms with van der Waals surface area (Å²) < 4.78 is 0. The molecule has 1 unspecified atom stereocenters. The first kappa shape index (κ1) is 13.6. The lowest BCUT2D eigenvalue weighted by atomic mass is 10.0. The van der Waals surface area contributed by atoms with Gasteiger partial charge in [0.15, 0.2) is 0 Å². The van der Waals surface area contributed by atoms with E-state index in [0.717, 1.165) is 17.7 Å². The molecule has 1 aromatic rings. The molecule has 1 heterocycles. The van der Waals surface area contributed by atoms with E-state index in [0.29, 0.717) is 19.5 Å². The minimum Gasteiger partial charge on any atom is -0.350 e. The number of hydrogen-bond acceptors (Lipinski definition) is 3. The smallest absolute Gasteiger partial charge is 0.220 e. The van der Waals surface area contributed by atoms with Crippen LogP contribution in [0.15, 0.2) is 18.3 Å². The maximum atomic E-state index is 11.7. The second-order valence-electron chi connectivity index (χ2n) is 4.26. The van der Waals surface area contributed by atoms with Gasteiger partial charge in [-0.3, -0.25) is 9.78 Å². The third-order valence-corrected chi connectivity index (χ3v) is 2.96. The zero-order valence-electron chi connectivity index (χ0n) is 10.6. The quantitative estimate of drug-likeness (QED) is 0.782. The summed E-state index contributed by atoms with van der Waals surface area (Å²) in [6, 6.07) is 3.88. The second-order valence-corrected chi connectivity index (χ2v) is 4.26. The third kappa shape index (κ3) is 4.53. The topological polar surface area (TPSA) is 68.0 Å². The number of carbonyl (C=O) groups excluding carboxylic acids is 1. The standard InChI is InChI=1S/C13H21N3O/c1-3-11(8-14)7-13(17)16-9-12-10(2)5-4-6-15-12/h4-6,11H,3,7-9,14H2,1-2H3,(H,16,17). The Morgan fingerprint density at radius 2 is 2.35 bits per heavy atom. The van der Waals surface area contributed by atoms with Gasteiger partial charge in [-0.1, -0.05) is 19.4 Å². The number of nitrogens with zero attached hydrogens (tertiary/aromatic N) is 1. The summed E-state index contributed by atoms with van der Waals surface area (Å²) >= 11 is 0. The first-order chi connectivity index (χ1) is 8.17. The monoisotopic (exact) mass is 235 g/mol. The number of hydrogen-bond donors (Lipinski definition) is 2. The molecule has 0 aliphatic rings. The molecule has 1 atom stereocenters. The number of carbonyl (C=O) groups is 1. The molecule has 0 fully saturated rings. The van der Waals surface area contributed by atoms with Gasteiger partial charge in [0.25, 0.3) is 0 Å². The van der Waals surface area contributed by atoms with Crippen molar-refractivity contribution in [3.63, 3.8) is 0 Å². The number of pyridine rings is 1. The van der Waals surface area contributed by atoms with E-state index >= 15 is 0 Å². The molecule has 0 bridgehead atoms. The zero-order valence-corrected chi connectivity index (χ0v) is 10.6. The van der Waals surface area contributed by atoms with Crippen LogP contribution >= 0.6 is 0 Å². The van der Waals surface area contributed by atoms with Gasteiger partial charge in [-0.25, -0.2) is 0 Å². The molecule has 0 aliphatic heterocycles. The molecule has 0 saturated heterocycles. The van der Waals surface area contributed by atoms with Crippen LogP contribution in [0.1, 0.15) is 31.0 Å². The van der Waals surface area contributed by atoms with Crippen molar-refractivity contribution < 1.29 is 4.79 Å². The highest BCUT2D eigenvalue weighted by atomic mass is 16.1. The predicted molar refractivity (Wildman–Crippen MR) is 68.3 cm³/mol. The molecule has 1 amide bonds. The van der Waals surface area contributed by atoms with Crippen LogP contribution in [-0.4, -0.2) is 17.4 Å². The summed E-state index contributed by atoms with van der Waals surface area (Å²) in [5.41, 5.74) is 7.58. The Balaban J connectivity index is 2.41. The number of nitrogens with one attached hydrogen (secondary N) is 1. The Kier molecular flexibility index (Phi) is 5.63. The van der Waals surface area contributed by atoms with E-state index in [1.807, 2.05) is 26.0 Å². The van der Waals surface area contributed by atoms with E-state index in [2.05, 4.69) is 10.3 Å². The zero-order chi connectivity index (χ0) is 12.7. The van der Waals surface area contributed by atoms with E-state index in [1.165, 1.54) is 0 Å². The number of rotatable bonds is 6. The van der Waals surface area contributed by atoms with Crippen LogP contribution in [-0.2, 0) is 11.3 Å². The number of amides is 1. The van der Waals surface area contributed by atoms with Crippen molar-refractivity contribution in [2.45, 2.75) is 33.2 Å². The molecule has 1 rings (SSSR count). The lowest BCUT2D eigenvalue weighted by Gasteiger charge is -2.12. The fourth-order valence-corrected chi connectivity index (χ4v) is 1.61. The van der Waals surface area contributed by atoms with Gasteiger partial charge in [0, 0.05) is 12.6 Å². The summed E-state index contributed by atoms with van der Waals surface area (Å²) in [7, 11) is 0. The van der Waals surface area contributed by atoms with Crippen molar-refractivity contribution in [3.05, 3.63) is 29.6 Å². The summed E-state index contributed by atoms with van der Waals surface area (Å²) in [6.45, 7) is 5.09. The van der Waals surface area contributed by atoms with Gasteiger partial charge in [0.1, 0.15) is 0 Å². The largest absolute Gasteiger partial charge is 0.350 e. The third-order valence-electron chi connectivity index (χ3n) is 2.96. The van der Waals surface area contributed by atoms with Gasteiger partial charge in [-0.05, 0) is 31.0 Å². The lowest BCUT2D eigenvalue weighted by molar-refractivity contribution is -0.122. The first-order valence-electron chi connectivity index (χ1n) is 6.04. The molecule has 0 aliphatic carbocycles. The molecule has 94 valence electrons. The van der Waals surface area contributed by atoms with E-state index in [9.17, 15) is 4.79 Å². The van der Waals surface area contributed by atoms with E-state index < -0.39 is 0 Å². The molecule has 0 spiro atoms. The summed E-state index contributed by atoms with van der Waals surface area (Å²) in [6.07, 6.45) is 3.18. The molecule has 1 aromatic heterocycles. The van der Waals surface area contributed by atoms with Crippen molar-refractivity contribution in [2.24, 2.45) is 11.7 Å². The lowest BCUT2D eigenvalue weighted by Crippen LogP contribution is -2.28. The fourth-order valence-electron chi connectivity index (χ4n) is 1.61. The van der Waals surface area contributed by atoms with E-state index in [4.69, 9.17) is 5.73 Å². The Morgan fingerprint density at radius 1 is 1.59 bits per heavy atom. The van der Waals surface area contributed by atoms with Gasteiger partial charge in [0.05, 0.1) is 12.2 Å². The maximum absolute atomic E-state index is 11.7. The summed E-state index contributed by atoms with van der Waals surface area (Å²) in [5, 5.41) is 2.88. The predicted octanol–water partition coefficient (Wildman–Crippen LogP) is 1.38. The van der Waals surface area contributed by atoms with Crippen LogP contribution in [0.5, 0.6) is 0 Å². The molecule has 3 N–H and O–H groups in total. The minimum atomic E-state index is 0.0485. The van der Waals surface area contributed by atoms with Crippen LogP contribution in [0, 0.1) is 12.8 Å². The van der Waals surface area contributed by atoms with E-state index in [1.54, 1.807) is 6.20 Å². The van der Waals surface area contributed by atoms with Gasteiger partial charge in [-0.2, -0.15) is 0 Å². The average molecular weight is 235 g/mol. The second kappa shape index (κ2) is 7.01. The van der Waals surface area contributed by atoms with E-state index in [-0.39, 0.29) is 11.8 Å². The maximum Gasteiger partial charge on any atom is 0.220 e. The normalized spacial score (nSPS) is 12.2. The van der Waals surface area contributed by atoms with Crippen molar-refractivity contribution in [1.82, 2.24) is 10.3 Å². The Labute approximate surface area is 103 Å². The molecule has 0 aromatic carbocycles. The fraction of sp³-hybridized carbons (Fsp3) is 0.538. The molecular formula is C13H21N3O. The summed E-state index contributed by atoms with van der Waals surface area (Å²) in [4.78, 5) is 15.9. The Morgan fingerprint density at radius 3 is 2.94 bits per heavy atom. The van der Waals surface area contributed by atoms with Crippen LogP contribution in [0.4, 0.5) is 0 Å². The number of aromatic nitrogens is 1. The van der Waals surface area contributed by atoms with Crippen LogP contribution < -0.4 is 11.1 Å². The van der Waals surface area contributed by atoms with Gasteiger partial charge in [0.2, 0.25) is 5.91 Å². The SMILES string of the molecule is CCC(CN)CC(=O)NCc1ncccc1C. The molecule has 0 saturated carbocycles. The Hall–Kier alpha value is -1.42. The van der Waals surface area contributed by atoms with Crippen LogP contribution in [0.3, 0.4) is 0 Å². The highest BCUT2D eigenvalue weighted by Crippen LogP contribution is 2.06. The molecule has 0 radical (unpaired) electrons. The highest BCUT2D eigenvalue weighted by Gasteiger charge is 2.10. The van der Waals surface area contributed by atoms with Gasteiger partial charge in [-0.15, -0.1) is 0 Å². The number of aryl methyl sites for hydroxylation is 1. The molecule has 4 nitrogen and oxygen atoms in total. The van der Waals surface area contributed by atoms with Crippen molar-refractivity contribution in [3.8, 4) is 0 Å². The van der Waals surface area contributed by atoms with Crippen LogP contribution in [0.2, 0.25) is 0 Å². The van der Waals surface area contributed by atoms with Crippen molar-refractivity contribution in [1.29, 1.82) is 0 Å². The first-order valence-corrected chi connectivity index (χ1v) is 6.04. The summed E-state index contributed by atoms with van der Waals surface area (Å²) in [5.74, 6) is 0.326. The van der Waals surface area contributed by atoms with Gasteiger partial charge < -0.3 is 11.1 Å². The Bertz CT molecular complexity index is 361. The number of nitrogens with two attached hydrogens (primary N) is 1. The van der Waals surface area contributed by atoms with Crippen molar-refractivity contribution in [2.75, 3.05) is 6.54 Å². The molecular weight excluding hydrogens is 214 g/mol.